The highest BCUT2D eigenvalue weighted by atomic mass is 16.5. The lowest BCUT2D eigenvalue weighted by molar-refractivity contribution is -0.145. The molecule has 3 atom stereocenters. The maximum absolute atomic E-state index is 11.8. The van der Waals surface area contributed by atoms with E-state index in [0.717, 1.165) is 32.1 Å². The first kappa shape index (κ1) is 19.7. The van der Waals surface area contributed by atoms with Crippen LogP contribution in [0.5, 0.6) is 0 Å². The average molecular weight is 327 g/mol. The fraction of sp³-hybridized carbons (Fsp3) is 0.882. The quantitative estimate of drug-likeness (QED) is 0.438. The van der Waals surface area contributed by atoms with Gasteiger partial charge in [-0.3, -0.25) is 9.79 Å². The summed E-state index contributed by atoms with van der Waals surface area (Å²) in [4.78, 5) is 18.3. The molecule has 6 nitrogen and oxygen atoms in total. The summed E-state index contributed by atoms with van der Waals surface area (Å²) < 4.78 is 10.7. The molecule has 0 amide bonds. The number of rotatable bonds is 7. The van der Waals surface area contributed by atoms with Crippen molar-refractivity contribution in [2.45, 2.75) is 40.2 Å². The van der Waals surface area contributed by atoms with Gasteiger partial charge in [0.2, 0.25) is 0 Å². The largest absolute Gasteiger partial charge is 0.469 e. The smallest absolute Gasteiger partial charge is 0.310 e. The lowest BCUT2D eigenvalue weighted by Crippen LogP contribution is -2.42. The van der Waals surface area contributed by atoms with E-state index < -0.39 is 0 Å². The number of esters is 1. The summed E-state index contributed by atoms with van der Waals surface area (Å²) in [6.07, 6.45) is 1.19. The minimum atomic E-state index is -0.133. The van der Waals surface area contributed by atoms with Crippen LogP contribution in [-0.2, 0) is 14.3 Å². The predicted octanol–water partition coefficient (Wildman–Crippen LogP) is 1.75. The molecule has 1 saturated heterocycles. The summed E-state index contributed by atoms with van der Waals surface area (Å²) >= 11 is 0. The highest BCUT2D eigenvalue weighted by molar-refractivity contribution is 5.82. The number of hydrogen-bond acceptors (Lipinski definition) is 4. The van der Waals surface area contributed by atoms with Crippen molar-refractivity contribution in [2.24, 2.45) is 22.7 Å². The average Bonchev–Trinajstić information content (AvgIpc) is 2.91. The van der Waals surface area contributed by atoms with Gasteiger partial charge in [0.1, 0.15) is 0 Å². The van der Waals surface area contributed by atoms with E-state index in [1.54, 1.807) is 7.05 Å². The van der Waals surface area contributed by atoms with E-state index in [4.69, 9.17) is 9.47 Å². The van der Waals surface area contributed by atoms with E-state index in [9.17, 15) is 4.79 Å². The van der Waals surface area contributed by atoms with Gasteiger partial charge in [0.25, 0.3) is 0 Å². The van der Waals surface area contributed by atoms with Crippen molar-refractivity contribution in [3.8, 4) is 0 Å². The van der Waals surface area contributed by atoms with Crippen LogP contribution in [-0.4, -0.2) is 63.3 Å². The monoisotopic (exact) mass is 327 g/mol. The van der Waals surface area contributed by atoms with E-state index >= 15 is 0 Å². The molecule has 0 aromatic heterocycles. The zero-order valence-electron chi connectivity index (χ0n) is 15.5. The second kappa shape index (κ2) is 9.75. The van der Waals surface area contributed by atoms with E-state index in [-0.39, 0.29) is 23.9 Å². The van der Waals surface area contributed by atoms with Crippen LogP contribution in [0.1, 0.15) is 34.1 Å². The molecule has 0 aromatic carbocycles. The normalized spacial score (nSPS) is 23.3. The van der Waals surface area contributed by atoms with Gasteiger partial charge >= 0.3 is 5.97 Å². The second-order valence-corrected chi connectivity index (χ2v) is 6.51. The maximum Gasteiger partial charge on any atom is 0.310 e. The molecule has 0 spiro atoms. The number of carbonyl (C=O) groups excluding carboxylic acids is 1. The van der Waals surface area contributed by atoms with Crippen LogP contribution in [0.3, 0.4) is 0 Å². The number of methoxy groups -OCH3 is 1. The molecule has 6 heteroatoms. The predicted molar refractivity (Wildman–Crippen MR) is 92.5 cm³/mol. The third-order valence-electron chi connectivity index (χ3n) is 4.46. The lowest BCUT2D eigenvalue weighted by Gasteiger charge is -2.24. The Bertz CT molecular complexity index is 399. The van der Waals surface area contributed by atoms with Gasteiger partial charge < -0.3 is 19.7 Å². The minimum Gasteiger partial charge on any atom is -0.469 e. The molecule has 1 heterocycles. The molecule has 0 bridgehead atoms. The highest BCUT2D eigenvalue weighted by Gasteiger charge is 2.36. The molecular formula is C17H33N3O3. The van der Waals surface area contributed by atoms with Crippen molar-refractivity contribution in [1.82, 2.24) is 10.2 Å². The number of ether oxygens (including phenoxy) is 2. The van der Waals surface area contributed by atoms with Crippen LogP contribution in [0.15, 0.2) is 4.99 Å². The molecule has 0 radical (unpaired) electrons. The summed E-state index contributed by atoms with van der Waals surface area (Å²) in [5, 5.41) is 3.40. The molecule has 0 aromatic rings. The molecule has 1 rings (SSSR count). The molecule has 134 valence electrons. The first-order valence-electron chi connectivity index (χ1n) is 8.59. The van der Waals surface area contributed by atoms with Gasteiger partial charge in [-0.2, -0.15) is 0 Å². The Morgan fingerprint density at radius 2 is 2.09 bits per heavy atom. The Morgan fingerprint density at radius 3 is 2.61 bits per heavy atom. The van der Waals surface area contributed by atoms with Crippen LogP contribution >= 0.6 is 0 Å². The number of guanidine groups is 1. The third-order valence-corrected chi connectivity index (χ3v) is 4.46. The molecule has 0 aliphatic carbocycles. The number of aliphatic imine (C=N–C) groups is 1. The maximum atomic E-state index is 11.8. The van der Waals surface area contributed by atoms with Gasteiger partial charge in [0.05, 0.1) is 19.1 Å². The Labute approximate surface area is 140 Å². The zero-order chi connectivity index (χ0) is 17.4. The third kappa shape index (κ3) is 5.68. The topological polar surface area (TPSA) is 63.2 Å². The van der Waals surface area contributed by atoms with Crippen molar-refractivity contribution in [1.29, 1.82) is 0 Å². The summed E-state index contributed by atoms with van der Waals surface area (Å²) in [6, 6.07) is 0. The van der Waals surface area contributed by atoms with Gasteiger partial charge in [-0.15, -0.1) is 0 Å². The number of likely N-dealkylation sites (tertiary alicyclic amines) is 1. The van der Waals surface area contributed by atoms with E-state index in [1.165, 1.54) is 7.11 Å². The molecular weight excluding hydrogens is 294 g/mol. The van der Waals surface area contributed by atoms with Crippen LogP contribution in [0.25, 0.3) is 0 Å². The zero-order valence-corrected chi connectivity index (χ0v) is 15.5. The second-order valence-electron chi connectivity index (χ2n) is 6.51. The summed E-state index contributed by atoms with van der Waals surface area (Å²) in [5.41, 5.74) is 0. The highest BCUT2D eigenvalue weighted by Crippen LogP contribution is 2.24. The Hall–Kier alpha value is -1.30. The number of nitrogens with one attached hydrogen (secondary N) is 1. The molecule has 0 saturated carbocycles. The van der Waals surface area contributed by atoms with E-state index in [2.05, 4.69) is 36.0 Å². The van der Waals surface area contributed by atoms with Crippen molar-refractivity contribution in [2.75, 3.05) is 40.4 Å². The Morgan fingerprint density at radius 1 is 1.39 bits per heavy atom. The van der Waals surface area contributed by atoms with Crippen molar-refractivity contribution >= 4 is 11.9 Å². The van der Waals surface area contributed by atoms with Crippen LogP contribution in [0, 0.1) is 17.8 Å². The molecule has 1 fully saturated rings. The molecule has 1 aliphatic rings. The molecule has 23 heavy (non-hydrogen) atoms. The lowest BCUT2D eigenvalue weighted by atomic mass is 9.99. The van der Waals surface area contributed by atoms with E-state index in [0.29, 0.717) is 12.5 Å². The SMILES string of the molecule is CCOC(CCNC(=NC)N1CC(C)C(C(=O)OC)C1)C(C)C. The first-order valence-corrected chi connectivity index (χ1v) is 8.59. The van der Waals surface area contributed by atoms with E-state index in [1.807, 2.05) is 6.92 Å². The molecule has 1 N–H and O–H groups in total. The van der Waals surface area contributed by atoms with Gasteiger partial charge in [-0.05, 0) is 25.2 Å². The molecule has 1 aliphatic heterocycles. The van der Waals surface area contributed by atoms with Crippen molar-refractivity contribution < 1.29 is 14.3 Å². The van der Waals surface area contributed by atoms with Crippen molar-refractivity contribution in [3.63, 3.8) is 0 Å². The van der Waals surface area contributed by atoms with Gasteiger partial charge in [0.15, 0.2) is 5.96 Å². The van der Waals surface area contributed by atoms with Gasteiger partial charge in [-0.1, -0.05) is 20.8 Å². The summed E-state index contributed by atoms with van der Waals surface area (Å²) in [6.45, 7) is 11.5. The summed E-state index contributed by atoms with van der Waals surface area (Å²) in [7, 11) is 3.23. The standard InChI is InChI=1S/C17H33N3O3/c1-7-23-15(12(2)3)8-9-19-17(18-5)20-10-13(4)14(11-20)16(21)22-6/h12-15H,7-11H2,1-6H3,(H,18,19). The van der Waals surface area contributed by atoms with Crippen LogP contribution in [0.2, 0.25) is 0 Å². The fourth-order valence-electron chi connectivity index (χ4n) is 3.08. The fourth-order valence-corrected chi connectivity index (χ4v) is 3.08. The van der Waals surface area contributed by atoms with Gasteiger partial charge in [0, 0.05) is 33.3 Å². The number of nitrogens with zero attached hydrogens (tertiary/aromatic N) is 2. The first-order chi connectivity index (χ1) is 10.9. The minimum absolute atomic E-state index is 0.0783. The molecule has 3 unspecified atom stereocenters. The van der Waals surface area contributed by atoms with Crippen LogP contribution in [0.4, 0.5) is 0 Å². The number of hydrogen-bond donors (Lipinski definition) is 1. The van der Waals surface area contributed by atoms with Gasteiger partial charge in [-0.25, -0.2) is 0 Å². The van der Waals surface area contributed by atoms with Crippen molar-refractivity contribution in [3.05, 3.63) is 0 Å². The Kier molecular flexibility index (Phi) is 8.37. The summed E-state index contributed by atoms with van der Waals surface area (Å²) in [5.74, 6) is 1.40. The number of carbonyl (C=O) groups is 1. The Balaban J connectivity index is 2.51. The van der Waals surface area contributed by atoms with Crippen LogP contribution < -0.4 is 5.32 Å².